The fourth-order valence-corrected chi connectivity index (χ4v) is 5.27. The average molecular weight is 408 g/mol. The number of rotatable bonds is 4. The van der Waals surface area contributed by atoms with E-state index in [2.05, 4.69) is 29.0 Å². The largest absolute Gasteiger partial charge is 0.465 e. The number of fused-ring (bicyclic) bond motifs is 1. The predicted octanol–water partition coefficient (Wildman–Crippen LogP) is 3.39. The highest BCUT2D eigenvalue weighted by molar-refractivity contribution is 6.33. The molecule has 1 amide bonds. The van der Waals surface area contributed by atoms with E-state index in [-0.39, 0.29) is 6.04 Å². The van der Waals surface area contributed by atoms with Crippen LogP contribution in [0.1, 0.15) is 25.3 Å². The average Bonchev–Trinajstić information content (AvgIpc) is 3.24. The number of benzene rings is 1. The lowest BCUT2D eigenvalue weighted by Gasteiger charge is -2.39. The molecule has 2 unspecified atom stereocenters. The van der Waals surface area contributed by atoms with E-state index in [1.54, 1.807) is 4.90 Å². The normalized spacial score (nSPS) is 30.1. The summed E-state index contributed by atoms with van der Waals surface area (Å²) in [6.45, 7) is 7.24. The van der Waals surface area contributed by atoms with E-state index >= 15 is 0 Å². The molecule has 3 heterocycles. The Balaban J connectivity index is 1.40. The van der Waals surface area contributed by atoms with E-state index in [1.807, 2.05) is 13.0 Å². The summed E-state index contributed by atoms with van der Waals surface area (Å²) in [6, 6.07) is 6.81. The summed E-state index contributed by atoms with van der Waals surface area (Å²) in [5.41, 5.74) is 2.39. The highest BCUT2D eigenvalue weighted by Gasteiger charge is 2.38. The van der Waals surface area contributed by atoms with Gasteiger partial charge in [-0.1, -0.05) is 17.7 Å². The van der Waals surface area contributed by atoms with Gasteiger partial charge in [0.05, 0.1) is 23.9 Å². The Bertz CT molecular complexity index is 719. The maximum atomic E-state index is 11.3. The van der Waals surface area contributed by atoms with Crippen LogP contribution in [0.25, 0.3) is 0 Å². The van der Waals surface area contributed by atoms with Crippen LogP contribution in [0.5, 0.6) is 0 Å². The van der Waals surface area contributed by atoms with E-state index < -0.39 is 6.09 Å². The molecule has 4 rings (SSSR count). The van der Waals surface area contributed by atoms with E-state index in [1.165, 1.54) is 5.56 Å². The van der Waals surface area contributed by atoms with Gasteiger partial charge < -0.3 is 19.6 Å². The molecule has 6 nitrogen and oxygen atoms in total. The minimum absolute atomic E-state index is 0.0608. The van der Waals surface area contributed by atoms with Crippen molar-refractivity contribution in [2.45, 2.75) is 38.4 Å². The molecular formula is C21H30ClN3O3. The Morgan fingerprint density at radius 1 is 1.32 bits per heavy atom. The van der Waals surface area contributed by atoms with Gasteiger partial charge in [0.1, 0.15) is 0 Å². The molecule has 0 spiro atoms. The van der Waals surface area contributed by atoms with Crippen molar-refractivity contribution >= 4 is 23.4 Å². The number of anilines is 1. The molecule has 0 radical (unpaired) electrons. The first-order chi connectivity index (χ1) is 13.4. The second-order valence-electron chi connectivity index (χ2n) is 8.67. The summed E-state index contributed by atoms with van der Waals surface area (Å²) in [6.07, 6.45) is 0.943. The molecule has 3 aliphatic rings. The topological polar surface area (TPSA) is 56.2 Å². The van der Waals surface area contributed by atoms with Crippen molar-refractivity contribution in [2.75, 3.05) is 44.8 Å². The van der Waals surface area contributed by atoms with Gasteiger partial charge in [0.25, 0.3) is 0 Å². The molecule has 3 aliphatic heterocycles. The maximum absolute atomic E-state index is 11.3. The molecule has 1 aromatic carbocycles. The van der Waals surface area contributed by atoms with Crippen LogP contribution in [-0.4, -0.2) is 73.0 Å². The second-order valence-corrected chi connectivity index (χ2v) is 9.07. The van der Waals surface area contributed by atoms with Crippen LogP contribution in [0.2, 0.25) is 5.02 Å². The van der Waals surface area contributed by atoms with Gasteiger partial charge in [-0.15, -0.1) is 0 Å². The third kappa shape index (κ3) is 3.95. The van der Waals surface area contributed by atoms with Gasteiger partial charge in [0.15, 0.2) is 0 Å². The zero-order valence-electron chi connectivity index (χ0n) is 16.7. The van der Waals surface area contributed by atoms with Crippen LogP contribution in [0, 0.1) is 11.8 Å². The van der Waals surface area contributed by atoms with E-state index in [0.29, 0.717) is 24.4 Å². The van der Waals surface area contributed by atoms with Gasteiger partial charge in [-0.05, 0) is 44.5 Å². The molecule has 0 aromatic heterocycles. The Labute approximate surface area is 172 Å². The summed E-state index contributed by atoms with van der Waals surface area (Å²) < 4.78 is 5.59. The number of hydrogen-bond acceptors (Lipinski definition) is 4. The van der Waals surface area contributed by atoms with Crippen molar-refractivity contribution in [3.63, 3.8) is 0 Å². The van der Waals surface area contributed by atoms with Crippen molar-refractivity contribution in [1.82, 2.24) is 9.80 Å². The summed E-state index contributed by atoms with van der Waals surface area (Å²) in [4.78, 5) is 17.6. The van der Waals surface area contributed by atoms with Gasteiger partial charge in [-0.3, -0.25) is 4.90 Å². The van der Waals surface area contributed by atoms with Crippen LogP contribution >= 0.6 is 11.6 Å². The number of amides is 1. The van der Waals surface area contributed by atoms with Crippen molar-refractivity contribution in [1.29, 1.82) is 0 Å². The summed E-state index contributed by atoms with van der Waals surface area (Å²) >= 11 is 6.54. The number of ether oxygens (including phenoxy) is 1. The molecule has 0 bridgehead atoms. The Kier molecular flexibility index (Phi) is 5.72. The summed E-state index contributed by atoms with van der Waals surface area (Å²) in [7, 11) is 2.14. The van der Waals surface area contributed by atoms with Crippen molar-refractivity contribution in [3.8, 4) is 0 Å². The molecule has 4 atom stereocenters. The van der Waals surface area contributed by atoms with Gasteiger partial charge in [-0.25, -0.2) is 4.79 Å². The molecule has 3 saturated heterocycles. The van der Waals surface area contributed by atoms with Crippen LogP contribution in [-0.2, 0) is 11.3 Å². The fraction of sp³-hybridized carbons (Fsp3) is 0.667. The minimum Gasteiger partial charge on any atom is -0.465 e. The molecule has 3 fully saturated rings. The van der Waals surface area contributed by atoms with Crippen molar-refractivity contribution < 1.29 is 14.6 Å². The summed E-state index contributed by atoms with van der Waals surface area (Å²) in [5.74, 6) is 1.26. The van der Waals surface area contributed by atoms with Gasteiger partial charge in [-0.2, -0.15) is 0 Å². The van der Waals surface area contributed by atoms with Crippen molar-refractivity contribution in [2.24, 2.45) is 11.8 Å². The Morgan fingerprint density at radius 3 is 2.68 bits per heavy atom. The third-order valence-electron chi connectivity index (χ3n) is 6.74. The van der Waals surface area contributed by atoms with Crippen LogP contribution in [0.4, 0.5) is 10.5 Å². The molecule has 7 heteroatoms. The molecule has 0 saturated carbocycles. The predicted molar refractivity (Wildman–Crippen MR) is 110 cm³/mol. The lowest BCUT2D eigenvalue weighted by molar-refractivity contribution is 0.0740. The maximum Gasteiger partial charge on any atom is 0.407 e. The first-order valence-electron chi connectivity index (χ1n) is 10.2. The van der Waals surface area contributed by atoms with E-state index in [9.17, 15) is 9.90 Å². The fourth-order valence-electron chi connectivity index (χ4n) is 5.03. The third-order valence-corrected chi connectivity index (χ3v) is 7.06. The van der Waals surface area contributed by atoms with E-state index in [4.69, 9.17) is 16.3 Å². The summed E-state index contributed by atoms with van der Waals surface area (Å²) in [5, 5.41) is 10.1. The smallest absolute Gasteiger partial charge is 0.407 e. The zero-order chi connectivity index (χ0) is 19.8. The number of carbonyl (C=O) groups is 1. The second kappa shape index (κ2) is 8.09. The number of halogens is 1. The van der Waals surface area contributed by atoms with Crippen LogP contribution in [0.15, 0.2) is 18.2 Å². The molecule has 154 valence electrons. The Hall–Kier alpha value is -1.50. The number of carboxylic acid groups (broad SMARTS) is 1. The number of likely N-dealkylation sites (tertiary alicyclic amines) is 1. The molecular weight excluding hydrogens is 378 g/mol. The highest BCUT2D eigenvalue weighted by atomic mass is 35.5. The van der Waals surface area contributed by atoms with Crippen LogP contribution in [0.3, 0.4) is 0 Å². The van der Waals surface area contributed by atoms with Crippen molar-refractivity contribution in [3.05, 3.63) is 28.8 Å². The Morgan fingerprint density at radius 2 is 2.04 bits per heavy atom. The lowest BCUT2D eigenvalue weighted by atomic mass is 9.97. The number of hydrogen-bond donors (Lipinski definition) is 1. The highest BCUT2D eigenvalue weighted by Crippen LogP contribution is 2.36. The van der Waals surface area contributed by atoms with Gasteiger partial charge in [0, 0.05) is 50.1 Å². The first-order valence-corrected chi connectivity index (χ1v) is 10.6. The van der Waals surface area contributed by atoms with E-state index in [0.717, 1.165) is 56.4 Å². The molecule has 0 aliphatic carbocycles. The quantitative estimate of drug-likeness (QED) is 0.829. The monoisotopic (exact) mass is 407 g/mol. The lowest BCUT2D eigenvalue weighted by Crippen LogP contribution is -2.49. The minimum atomic E-state index is -0.809. The molecule has 1 aromatic rings. The van der Waals surface area contributed by atoms with Gasteiger partial charge in [0.2, 0.25) is 0 Å². The van der Waals surface area contributed by atoms with Gasteiger partial charge >= 0.3 is 6.09 Å². The number of nitrogens with zero attached hydrogens (tertiary/aromatic N) is 3. The zero-order valence-corrected chi connectivity index (χ0v) is 17.4. The molecule has 28 heavy (non-hydrogen) atoms. The first kappa shape index (κ1) is 19.8. The molecule has 1 N–H and O–H groups in total. The SMILES string of the molecule is C[C@@H]1C[C@H](N(C)Cc2ccc(Cl)c(N3CC4COCC4C3)c2)CCN1C(=O)O. The number of piperidine rings is 1. The standard InChI is InChI=1S/C21H30ClN3O3/c1-14-7-18(5-6-25(14)21(26)27)23(2)9-15-3-4-19(22)20(8-15)24-10-16-12-28-13-17(16)11-24/h3-4,8,14,16-18H,5-7,9-13H2,1-2H3,(H,26,27)/t14-,16?,17?,18-/m1/s1. The van der Waals surface area contributed by atoms with Crippen LogP contribution < -0.4 is 4.90 Å².